The molecule has 2 atom stereocenters. The molecule has 0 fully saturated rings. The lowest BCUT2D eigenvalue weighted by Crippen LogP contribution is -2.62. The third-order valence-corrected chi connectivity index (χ3v) is 7.62. The van der Waals surface area contributed by atoms with Crippen LogP contribution in [0.1, 0.15) is 35.3 Å². The lowest BCUT2D eigenvalue weighted by Gasteiger charge is -2.41. The molecule has 1 aliphatic rings. The number of nitrogens with one attached hydrogen (secondary N) is 1. The van der Waals surface area contributed by atoms with Crippen molar-refractivity contribution in [3.8, 4) is 0 Å². The quantitative estimate of drug-likeness (QED) is 0.248. The first-order valence-corrected chi connectivity index (χ1v) is 14.6. The molecule has 0 saturated carbocycles. The normalized spacial score (nSPS) is 16.4. The molecule has 1 aliphatic heterocycles. The molecule has 0 spiro atoms. The van der Waals surface area contributed by atoms with Crippen molar-refractivity contribution in [1.29, 1.82) is 0 Å². The zero-order valence-corrected chi connectivity index (χ0v) is 25.6. The molecule has 3 aromatic carbocycles. The fourth-order valence-electron chi connectivity index (χ4n) is 5.20. The molecule has 1 heterocycles. The van der Waals surface area contributed by atoms with Gasteiger partial charge in [0.1, 0.15) is 12.6 Å². The number of halogens is 7. The van der Waals surface area contributed by atoms with Crippen molar-refractivity contribution in [3.05, 3.63) is 114 Å². The molecule has 1 N–H and O–H groups in total. The minimum absolute atomic E-state index is 0.0248. The van der Waals surface area contributed by atoms with Gasteiger partial charge >= 0.3 is 18.0 Å². The van der Waals surface area contributed by atoms with Crippen LogP contribution in [-0.4, -0.2) is 70.0 Å². The molecular weight excluding hydrogens is 647 g/mol. The van der Waals surface area contributed by atoms with Gasteiger partial charge in [-0.1, -0.05) is 92.7 Å². The molecule has 3 aromatic rings. The van der Waals surface area contributed by atoms with Gasteiger partial charge in [0, 0.05) is 11.8 Å². The van der Waals surface area contributed by atoms with Gasteiger partial charge in [0.15, 0.2) is 0 Å². The van der Waals surface area contributed by atoms with Crippen LogP contribution < -0.4 is 5.32 Å². The maximum Gasteiger partial charge on any atom is 0.460 e. The van der Waals surface area contributed by atoms with Gasteiger partial charge in [-0.15, -0.1) is 0 Å². The molecule has 0 unspecified atom stereocenters. The molecule has 0 aromatic heterocycles. The van der Waals surface area contributed by atoms with Crippen LogP contribution in [-0.2, 0) is 20.8 Å². The smallest absolute Gasteiger partial charge is 0.344 e. The summed E-state index contributed by atoms with van der Waals surface area (Å²) in [4.78, 5) is 55.9. The summed E-state index contributed by atoms with van der Waals surface area (Å²) in [6.45, 7) is 2.33. The number of rotatable bonds is 11. The summed E-state index contributed by atoms with van der Waals surface area (Å²) in [5, 5.41) is 1.87. The predicted octanol–water partition coefficient (Wildman–Crippen LogP) is 6.12. The summed E-state index contributed by atoms with van der Waals surface area (Å²) in [7, 11) is 0. The predicted molar refractivity (Wildman–Crippen MR) is 160 cm³/mol. The molecule has 4 rings (SSSR count). The molecule has 7 nitrogen and oxygen atoms in total. The summed E-state index contributed by atoms with van der Waals surface area (Å²) in [5.41, 5.74) is 0.692. The van der Waals surface area contributed by atoms with Gasteiger partial charge in [-0.05, 0) is 35.6 Å². The fourth-order valence-corrected chi connectivity index (χ4v) is 5.20. The molecule has 254 valence electrons. The average Bonchev–Trinajstić information content (AvgIpc) is 3.05. The van der Waals surface area contributed by atoms with Crippen molar-refractivity contribution in [2.24, 2.45) is 5.92 Å². The van der Waals surface area contributed by atoms with Crippen molar-refractivity contribution in [2.45, 2.75) is 50.4 Å². The Balaban J connectivity index is 1.72. The number of benzene rings is 3. The van der Waals surface area contributed by atoms with Crippen LogP contribution >= 0.6 is 0 Å². The number of carbonyl (C=O) groups is 4. The van der Waals surface area contributed by atoms with Crippen LogP contribution in [0.25, 0.3) is 5.70 Å². The Hall–Kier alpha value is -5.01. The largest absolute Gasteiger partial charge is 0.460 e. The number of carbonyl (C=O) groups excluding carboxylic acids is 4. The Morgan fingerprint density at radius 2 is 1.31 bits per heavy atom. The maximum atomic E-state index is 14.6. The summed E-state index contributed by atoms with van der Waals surface area (Å²) >= 11 is 0. The number of hydrogen-bond donors (Lipinski definition) is 1. The third kappa shape index (κ3) is 7.26. The van der Waals surface area contributed by atoms with Crippen molar-refractivity contribution >= 4 is 29.2 Å². The van der Waals surface area contributed by atoms with E-state index in [-0.39, 0.29) is 16.8 Å². The Labute approximate surface area is 271 Å². The first kappa shape index (κ1) is 35.8. The van der Waals surface area contributed by atoms with E-state index in [1.165, 1.54) is 41.4 Å². The van der Waals surface area contributed by atoms with E-state index in [2.05, 4.69) is 0 Å². The van der Waals surface area contributed by atoms with Crippen LogP contribution in [0.3, 0.4) is 0 Å². The molecule has 3 amide bonds. The highest BCUT2D eigenvalue weighted by Gasteiger charge is 2.76. The molecule has 0 radical (unpaired) electrons. The number of Topliss-reactive ketones (excluding diaryl/α,β-unsaturated/α-hetero) is 1. The van der Waals surface area contributed by atoms with Crippen molar-refractivity contribution in [1.82, 2.24) is 15.1 Å². The minimum atomic E-state index is -6.78. The van der Waals surface area contributed by atoms with Crippen LogP contribution in [0.4, 0.5) is 30.7 Å². The average molecular weight is 678 g/mol. The standard InChI is InChI=1S/C34H30F7N3O4/c1-21(2)28-31(48)43(26(23-14-8-4-9-15-23)19-44(28)30(47)24-16-10-5-11-17-24)20-27(45)42-25(18-22-12-6-3-7-13-22)29(46)32(35,36)33(37,38)34(39,40)41/h3-17,19,21,25,28H,18,20H2,1-2H3,(H,42,45)/t25-,28-/m0/s1. The molecule has 14 heteroatoms. The van der Waals surface area contributed by atoms with Crippen LogP contribution in [0, 0.1) is 5.92 Å². The lowest BCUT2D eigenvalue weighted by molar-refractivity contribution is -0.343. The van der Waals surface area contributed by atoms with E-state index >= 15 is 0 Å². The maximum absolute atomic E-state index is 14.6. The second-order valence-electron chi connectivity index (χ2n) is 11.4. The fraction of sp³-hybridized carbons (Fsp3) is 0.294. The van der Waals surface area contributed by atoms with Crippen molar-refractivity contribution in [2.75, 3.05) is 6.54 Å². The van der Waals surface area contributed by atoms with Crippen LogP contribution in [0.2, 0.25) is 0 Å². The highest BCUT2D eigenvalue weighted by Crippen LogP contribution is 2.47. The Kier molecular flexibility index (Phi) is 10.5. The number of nitrogens with zero attached hydrogens (tertiary/aromatic N) is 2. The zero-order chi connectivity index (χ0) is 35.4. The summed E-state index contributed by atoms with van der Waals surface area (Å²) in [5.74, 6) is -19.0. The number of hydrogen-bond acceptors (Lipinski definition) is 4. The zero-order valence-electron chi connectivity index (χ0n) is 25.6. The first-order chi connectivity index (χ1) is 22.5. The van der Waals surface area contributed by atoms with Gasteiger partial charge in [-0.25, -0.2) is 0 Å². The van der Waals surface area contributed by atoms with Gasteiger partial charge in [0.25, 0.3) is 11.8 Å². The van der Waals surface area contributed by atoms with E-state index in [4.69, 9.17) is 0 Å². The Morgan fingerprint density at radius 3 is 1.83 bits per heavy atom. The minimum Gasteiger partial charge on any atom is -0.344 e. The second-order valence-corrected chi connectivity index (χ2v) is 11.4. The van der Waals surface area contributed by atoms with E-state index in [1.54, 1.807) is 74.5 Å². The first-order valence-electron chi connectivity index (χ1n) is 14.6. The highest BCUT2D eigenvalue weighted by atomic mass is 19.4. The SMILES string of the molecule is CC(C)[C@H]1C(=O)N(CC(=O)N[C@@H](Cc2ccccc2)C(=O)C(F)(F)C(F)(F)C(F)(F)F)C(c2ccccc2)=CN1C(=O)c1ccccc1. The highest BCUT2D eigenvalue weighted by molar-refractivity contribution is 6.04. The van der Waals surface area contributed by atoms with Crippen molar-refractivity contribution in [3.63, 3.8) is 0 Å². The third-order valence-electron chi connectivity index (χ3n) is 7.62. The van der Waals surface area contributed by atoms with Gasteiger partial charge in [-0.3, -0.25) is 24.1 Å². The van der Waals surface area contributed by atoms with Gasteiger partial charge in [-0.2, -0.15) is 30.7 Å². The molecule has 0 bridgehead atoms. The number of amides is 3. The van der Waals surface area contributed by atoms with E-state index in [0.717, 1.165) is 4.90 Å². The molecular formula is C34H30F7N3O4. The second kappa shape index (κ2) is 14.0. The molecule has 48 heavy (non-hydrogen) atoms. The molecule has 0 aliphatic carbocycles. The van der Waals surface area contributed by atoms with E-state index in [1.807, 2.05) is 5.32 Å². The Bertz CT molecular complexity index is 1660. The van der Waals surface area contributed by atoms with Crippen molar-refractivity contribution < 1.29 is 49.9 Å². The summed E-state index contributed by atoms with van der Waals surface area (Å²) < 4.78 is 95.9. The Morgan fingerprint density at radius 1 is 0.792 bits per heavy atom. The molecule has 0 saturated heterocycles. The monoisotopic (exact) mass is 677 g/mol. The lowest BCUT2D eigenvalue weighted by atomic mass is 9.94. The topological polar surface area (TPSA) is 86.8 Å². The van der Waals surface area contributed by atoms with E-state index in [9.17, 15) is 49.9 Å². The van der Waals surface area contributed by atoms with Crippen LogP contribution in [0.15, 0.2) is 97.2 Å². The van der Waals surface area contributed by atoms with E-state index < -0.39 is 72.5 Å². The summed E-state index contributed by atoms with van der Waals surface area (Å²) in [6.07, 6.45) is -6.30. The van der Waals surface area contributed by atoms with Gasteiger partial charge < -0.3 is 10.2 Å². The van der Waals surface area contributed by atoms with E-state index in [0.29, 0.717) is 5.56 Å². The summed E-state index contributed by atoms with van der Waals surface area (Å²) in [6, 6.07) is 19.2. The number of ketones is 1. The number of alkyl halides is 7. The van der Waals surface area contributed by atoms with Crippen LogP contribution in [0.5, 0.6) is 0 Å². The van der Waals surface area contributed by atoms with Gasteiger partial charge in [0.05, 0.1) is 11.7 Å². The van der Waals surface area contributed by atoms with Gasteiger partial charge in [0.2, 0.25) is 11.7 Å².